The third-order valence-electron chi connectivity index (χ3n) is 4.02. The highest BCUT2D eigenvalue weighted by Crippen LogP contribution is 2.43. The Hall–Kier alpha value is -0.860. The summed E-state index contributed by atoms with van der Waals surface area (Å²) >= 11 is 4.88. The van der Waals surface area contributed by atoms with Gasteiger partial charge >= 0.3 is 0 Å². The molecule has 0 spiro atoms. The lowest BCUT2D eigenvalue weighted by Crippen LogP contribution is -2.38. The van der Waals surface area contributed by atoms with Crippen LogP contribution in [0.5, 0.6) is 0 Å². The van der Waals surface area contributed by atoms with Crippen LogP contribution in [0.2, 0.25) is 0 Å². The zero-order valence-corrected chi connectivity index (χ0v) is 16.3. The molecule has 1 aromatic rings. The Balaban J connectivity index is 2.14. The smallest absolute Gasteiger partial charge is 0.244 e. The summed E-state index contributed by atoms with van der Waals surface area (Å²) in [7, 11) is -3.04. The predicted molar refractivity (Wildman–Crippen MR) is 98.0 cm³/mol. The number of fused-ring (bicyclic) bond motifs is 1. The zero-order valence-electron chi connectivity index (χ0n) is 13.0. The molecule has 0 aromatic heterocycles. The Morgan fingerprint density at radius 1 is 1.30 bits per heavy atom. The fraction of sp³-hybridized carbons (Fsp3) is 0.467. The van der Waals surface area contributed by atoms with Crippen molar-refractivity contribution in [3.05, 3.63) is 27.7 Å². The molecule has 0 aliphatic carbocycles. The summed E-state index contributed by atoms with van der Waals surface area (Å²) in [4.78, 5) is 17.6. The number of aliphatic imine (C=N–C) groups is 1. The predicted octanol–water partition coefficient (Wildman–Crippen LogP) is 2.69. The number of thioether (sulfide) groups is 1. The summed E-state index contributed by atoms with van der Waals surface area (Å²) in [5.74, 6) is -0.0197. The number of amides is 1. The van der Waals surface area contributed by atoms with Gasteiger partial charge in [-0.25, -0.2) is 8.42 Å². The highest BCUT2D eigenvalue weighted by atomic mass is 79.9. The van der Waals surface area contributed by atoms with Crippen molar-refractivity contribution in [2.45, 2.75) is 32.1 Å². The van der Waals surface area contributed by atoms with Crippen LogP contribution in [-0.4, -0.2) is 42.3 Å². The monoisotopic (exact) mass is 416 g/mol. The number of rotatable bonds is 1. The van der Waals surface area contributed by atoms with Gasteiger partial charge in [0.25, 0.3) is 0 Å². The fourth-order valence-corrected chi connectivity index (χ4v) is 7.87. The standard InChI is InChI=1S/C15H17BrN2O3S2/c1-8-4-11(16)5-9(2)14(8)18-12-6-23(20,21)7-13(12)22-15(18)17-10(3)19/h4-5,12-13H,6-7H2,1-3H3/t12-,13-/m1/s1. The van der Waals surface area contributed by atoms with Gasteiger partial charge in [0.2, 0.25) is 5.91 Å². The van der Waals surface area contributed by atoms with Crippen LogP contribution in [0.3, 0.4) is 0 Å². The molecular formula is C15H17BrN2O3S2. The van der Waals surface area contributed by atoms with Crippen molar-refractivity contribution in [1.82, 2.24) is 0 Å². The lowest BCUT2D eigenvalue weighted by Gasteiger charge is -2.28. The average molecular weight is 417 g/mol. The summed E-state index contributed by atoms with van der Waals surface area (Å²) < 4.78 is 25.0. The van der Waals surface area contributed by atoms with Crippen LogP contribution in [0.15, 0.2) is 21.6 Å². The summed E-state index contributed by atoms with van der Waals surface area (Å²) in [5, 5.41) is 0.538. The van der Waals surface area contributed by atoms with Crippen LogP contribution >= 0.6 is 27.7 Å². The number of nitrogens with zero attached hydrogens (tertiary/aromatic N) is 2. The molecule has 2 aliphatic heterocycles. The SMILES string of the molecule is CC(=O)N=C1S[C@@H]2CS(=O)(=O)C[C@H]2N1c1c(C)cc(Br)cc1C. The van der Waals surface area contributed by atoms with Crippen LogP contribution in [0, 0.1) is 13.8 Å². The maximum Gasteiger partial charge on any atom is 0.244 e. The maximum absolute atomic E-state index is 12.0. The van der Waals surface area contributed by atoms with Gasteiger partial charge in [0, 0.05) is 22.3 Å². The molecule has 2 saturated heterocycles. The van der Waals surface area contributed by atoms with E-state index in [-0.39, 0.29) is 28.7 Å². The third-order valence-corrected chi connectivity index (χ3v) is 7.68. The number of carbonyl (C=O) groups is 1. The first-order valence-corrected chi connectivity index (χ1v) is 10.7. The molecular weight excluding hydrogens is 400 g/mol. The largest absolute Gasteiger partial charge is 0.315 e. The minimum Gasteiger partial charge on any atom is -0.315 e. The van der Waals surface area contributed by atoms with Gasteiger partial charge in [0.1, 0.15) is 0 Å². The van der Waals surface area contributed by atoms with Crippen molar-refractivity contribution in [1.29, 1.82) is 0 Å². The minimum absolute atomic E-state index is 0.0689. The molecule has 0 saturated carbocycles. The van der Waals surface area contributed by atoms with E-state index in [1.165, 1.54) is 18.7 Å². The topological polar surface area (TPSA) is 66.8 Å². The van der Waals surface area contributed by atoms with Crippen molar-refractivity contribution in [2.75, 3.05) is 16.4 Å². The summed E-state index contributed by atoms with van der Waals surface area (Å²) in [6, 6.07) is 3.83. The normalized spacial score (nSPS) is 27.5. The van der Waals surface area contributed by atoms with E-state index in [1.54, 1.807) is 0 Å². The first kappa shape index (κ1) is 17.0. The Morgan fingerprint density at radius 2 is 1.91 bits per heavy atom. The van der Waals surface area contributed by atoms with E-state index < -0.39 is 9.84 Å². The van der Waals surface area contributed by atoms with Gasteiger partial charge in [-0.2, -0.15) is 4.99 Å². The zero-order chi connectivity index (χ0) is 16.9. The highest BCUT2D eigenvalue weighted by molar-refractivity contribution is 9.10. The van der Waals surface area contributed by atoms with Crippen LogP contribution in [0.1, 0.15) is 18.1 Å². The number of aryl methyl sites for hydroxylation is 2. The van der Waals surface area contributed by atoms with Crippen LogP contribution < -0.4 is 4.90 Å². The molecule has 124 valence electrons. The first-order chi connectivity index (χ1) is 10.7. The van der Waals surface area contributed by atoms with Gasteiger partial charge in [-0.15, -0.1) is 0 Å². The second-order valence-corrected chi connectivity index (χ2v) is 10.2. The van der Waals surface area contributed by atoms with E-state index >= 15 is 0 Å². The number of benzene rings is 1. The van der Waals surface area contributed by atoms with E-state index in [4.69, 9.17) is 0 Å². The lowest BCUT2D eigenvalue weighted by molar-refractivity contribution is -0.115. The lowest BCUT2D eigenvalue weighted by atomic mass is 10.1. The van der Waals surface area contributed by atoms with Crippen molar-refractivity contribution >= 4 is 54.3 Å². The Kier molecular flexibility index (Phi) is 4.35. The van der Waals surface area contributed by atoms with Gasteiger partial charge in [0.05, 0.1) is 17.5 Å². The number of hydrogen-bond donors (Lipinski definition) is 0. The molecule has 23 heavy (non-hydrogen) atoms. The number of anilines is 1. The van der Waals surface area contributed by atoms with Crippen molar-refractivity contribution in [3.63, 3.8) is 0 Å². The number of halogens is 1. The van der Waals surface area contributed by atoms with E-state index in [2.05, 4.69) is 20.9 Å². The average Bonchev–Trinajstić information content (AvgIpc) is 2.81. The summed E-state index contributed by atoms with van der Waals surface area (Å²) in [6.07, 6.45) is 0. The van der Waals surface area contributed by atoms with E-state index in [1.807, 2.05) is 30.9 Å². The van der Waals surface area contributed by atoms with E-state index in [9.17, 15) is 13.2 Å². The van der Waals surface area contributed by atoms with Gasteiger partial charge in [-0.3, -0.25) is 4.79 Å². The van der Waals surface area contributed by atoms with Crippen LogP contribution in [-0.2, 0) is 14.6 Å². The molecule has 2 aliphatic rings. The Morgan fingerprint density at radius 3 is 2.48 bits per heavy atom. The number of carbonyl (C=O) groups excluding carboxylic acids is 1. The second kappa shape index (κ2) is 5.89. The number of hydrogen-bond acceptors (Lipinski definition) is 4. The van der Waals surface area contributed by atoms with Crippen molar-refractivity contribution in [3.8, 4) is 0 Å². The molecule has 0 radical (unpaired) electrons. The van der Waals surface area contributed by atoms with E-state index in [0.717, 1.165) is 21.3 Å². The first-order valence-electron chi connectivity index (χ1n) is 7.20. The Bertz CT molecular complexity index is 797. The van der Waals surface area contributed by atoms with Gasteiger partial charge in [0.15, 0.2) is 15.0 Å². The molecule has 1 aromatic carbocycles. The number of amidine groups is 1. The van der Waals surface area contributed by atoms with Crippen molar-refractivity contribution < 1.29 is 13.2 Å². The van der Waals surface area contributed by atoms with Crippen molar-refractivity contribution in [2.24, 2.45) is 4.99 Å². The molecule has 1 amide bonds. The van der Waals surface area contributed by atoms with Crippen LogP contribution in [0.25, 0.3) is 0 Å². The summed E-state index contributed by atoms with van der Waals surface area (Å²) in [5.41, 5.74) is 3.00. The maximum atomic E-state index is 12.0. The highest BCUT2D eigenvalue weighted by Gasteiger charge is 2.49. The van der Waals surface area contributed by atoms with E-state index in [0.29, 0.717) is 5.17 Å². The molecule has 3 rings (SSSR count). The number of sulfone groups is 1. The van der Waals surface area contributed by atoms with Gasteiger partial charge in [-0.05, 0) is 37.1 Å². The van der Waals surface area contributed by atoms with Crippen LogP contribution in [0.4, 0.5) is 5.69 Å². The minimum atomic E-state index is -3.04. The third kappa shape index (κ3) is 3.21. The fourth-order valence-electron chi connectivity index (χ4n) is 3.24. The molecule has 2 fully saturated rings. The second-order valence-electron chi connectivity index (χ2n) is 5.97. The molecule has 0 N–H and O–H groups in total. The molecule has 0 unspecified atom stereocenters. The van der Waals surface area contributed by atoms with Gasteiger partial charge < -0.3 is 4.90 Å². The Labute approximate surface area is 148 Å². The molecule has 2 heterocycles. The molecule has 0 bridgehead atoms. The molecule has 5 nitrogen and oxygen atoms in total. The molecule has 8 heteroatoms. The quantitative estimate of drug-likeness (QED) is 0.703. The van der Waals surface area contributed by atoms with Gasteiger partial charge in [-0.1, -0.05) is 27.7 Å². The summed E-state index contributed by atoms with van der Waals surface area (Å²) in [6.45, 7) is 5.39. The molecule has 2 atom stereocenters.